The summed E-state index contributed by atoms with van der Waals surface area (Å²) in [6, 6.07) is 11.7. The first-order chi connectivity index (χ1) is 12.3. The Hall–Kier alpha value is -2.87. The van der Waals surface area contributed by atoms with E-state index < -0.39 is 11.8 Å². The van der Waals surface area contributed by atoms with Gasteiger partial charge in [0.2, 0.25) is 5.91 Å². The molecule has 0 unspecified atom stereocenters. The summed E-state index contributed by atoms with van der Waals surface area (Å²) in [6.07, 6.45) is 0. The Morgan fingerprint density at radius 1 is 1.04 bits per heavy atom. The fourth-order valence-electron chi connectivity index (χ4n) is 2.01. The number of aryl methyl sites for hydroxylation is 1. The van der Waals surface area contributed by atoms with Gasteiger partial charge in [-0.05, 0) is 64.8 Å². The standard InChI is InChI=1S/C18H18BrN3O4/c1-11-3-8-16(15(19)9-11)26-10-17(24)21-22-18(25)13-4-6-14(7-5-13)20-12(2)23/h3-9H,10H2,1-2H3,(H,20,23)(H,21,24)(H,22,25). The molecule has 2 rings (SSSR count). The predicted octanol–water partition coefficient (Wildman–Crippen LogP) is 2.56. The molecule has 136 valence electrons. The number of hydrazine groups is 1. The number of ether oxygens (including phenoxy) is 1. The molecular weight excluding hydrogens is 402 g/mol. The van der Waals surface area contributed by atoms with E-state index in [-0.39, 0.29) is 12.5 Å². The monoisotopic (exact) mass is 419 g/mol. The highest BCUT2D eigenvalue weighted by atomic mass is 79.9. The number of rotatable bonds is 5. The molecule has 0 aliphatic carbocycles. The average molecular weight is 420 g/mol. The Balaban J connectivity index is 1.81. The lowest BCUT2D eigenvalue weighted by Crippen LogP contribution is -2.43. The Labute approximate surface area is 159 Å². The lowest BCUT2D eigenvalue weighted by molar-refractivity contribution is -0.123. The Kier molecular flexibility index (Phi) is 6.74. The van der Waals surface area contributed by atoms with Crippen LogP contribution in [0.5, 0.6) is 5.75 Å². The van der Waals surface area contributed by atoms with Crippen LogP contribution in [-0.2, 0) is 9.59 Å². The molecule has 0 spiro atoms. The molecule has 2 aromatic rings. The van der Waals surface area contributed by atoms with Crippen molar-refractivity contribution in [3.05, 3.63) is 58.1 Å². The number of nitrogens with one attached hydrogen (secondary N) is 3. The molecule has 0 heterocycles. The van der Waals surface area contributed by atoms with Crippen LogP contribution in [0.4, 0.5) is 5.69 Å². The number of hydrogen-bond acceptors (Lipinski definition) is 4. The molecule has 0 fully saturated rings. The van der Waals surface area contributed by atoms with Gasteiger partial charge in [0.25, 0.3) is 11.8 Å². The van der Waals surface area contributed by atoms with Crippen molar-refractivity contribution in [2.75, 3.05) is 11.9 Å². The third kappa shape index (κ3) is 5.89. The molecule has 0 bridgehead atoms. The van der Waals surface area contributed by atoms with E-state index in [0.29, 0.717) is 17.0 Å². The van der Waals surface area contributed by atoms with Crippen LogP contribution in [-0.4, -0.2) is 24.3 Å². The number of carbonyl (C=O) groups is 3. The van der Waals surface area contributed by atoms with Gasteiger partial charge in [0.15, 0.2) is 6.61 Å². The quantitative estimate of drug-likeness (QED) is 0.648. The topological polar surface area (TPSA) is 96.5 Å². The summed E-state index contributed by atoms with van der Waals surface area (Å²) in [5.41, 5.74) is 6.56. The molecule has 8 heteroatoms. The smallest absolute Gasteiger partial charge is 0.276 e. The molecule has 0 radical (unpaired) electrons. The minimum absolute atomic E-state index is 0.199. The molecule has 0 aliphatic heterocycles. The van der Waals surface area contributed by atoms with Crippen LogP contribution in [0.25, 0.3) is 0 Å². The van der Waals surface area contributed by atoms with Crippen LogP contribution in [0.2, 0.25) is 0 Å². The van der Waals surface area contributed by atoms with Crippen LogP contribution in [0.15, 0.2) is 46.9 Å². The lowest BCUT2D eigenvalue weighted by atomic mass is 10.2. The summed E-state index contributed by atoms with van der Waals surface area (Å²) in [6.45, 7) is 3.09. The first-order valence-corrected chi connectivity index (χ1v) is 8.50. The highest BCUT2D eigenvalue weighted by molar-refractivity contribution is 9.10. The van der Waals surface area contributed by atoms with Crippen molar-refractivity contribution in [3.8, 4) is 5.75 Å². The maximum Gasteiger partial charge on any atom is 0.276 e. The van der Waals surface area contributed by atoms with Gasteiger partial charge in [0.1, 0.15) is 5.75 Å². The largest absolute Gasteiger partial charge is 0.483 e. The van der Waals surface area contributed by atoms with E-state index in [4.69, 9.17) is 4.74 Å². The Morgan fingerprint density at radius 2 is 1.73 bits per heavy atom. The van der Waals surface area contributed by atoms with E-state index >= 15 is 0 Å². The van der Waals surface area contributed by atoms with Gasteiger partial charge in [-0.15, -0.1) is 0 Å². The summed E-state index contributed by atoms with van der Waals surface area (Å²) < 4.78 is 6.14. The van der Waals surface area contributed by atoms with Crippen LogP contribution in [0, 0.1) is 6.92 Å². The minimum Gasteiger partial charge on any atom is -0.483 e. The van der Waals surface area contributed by atoms with Crippen LogP contribution in [0.1, 0.15) is 22.8 Å². The maximum atomic E-state index is 12.0. The van der Waals surface area contributed by atoms with Crippen molar-refractivity contribution in [2.24, 2.45) is 0 Å². The predicted molar refractivity (Wildman–Crippen MR) is 101 cm³/mol. The van der Waals surface area contributed by atoms with Crippen LogP contribution >= 0.6 is 15.9 Å². The lowest BCUT2D eigenvalue weighted by Gasteiger charge is -2.10. The molecule has 3 N–H and O–H groups in total. The van der Waals surface area contributed by atoms with Crippen molar-refractivity contribution in [3.63, 3.8) is 0 Å². The second kappa shape index (κ2) is 9.00. The molecule has 26 heavy (non-hydrogen) atoms. The zero-order valence-corrected chi connectivity index (χ0v) is 15.8. The third-order valence-electron chi connectivity index (χ3n) is 3.23. The van der Waals surface area contributed by atoms with Crippen molar-refractivity contribution >= 4 is 39.3 Å². The summed E-state index contributed by atoms with van der Waals surface area (Å²) in [4.78, 5) is 34.7. The van der Waals surface area contributed by atoms with E-state index in [1.165, 1.54) is 19.1 Å². The third-order valence-corrected chi connectivity index (χ3v) is 3.85. The summed E-state index contributed by atoms with van der Waals surface area (Å²) in [7, 11) is 0. The number of anilines is 1. The van der Waals surface area contributed by atoms with Crippen molar-refractivity contribution in [1.82, 2.24) is 10.9 Å². The van der Waals surface area contributed by atoms with E-state index in [0.717, 1.165) is 10.0 Å². The zero-order chi connectivity index (χ0) is 19.1. The molecule has 0 saturated heterocycles. The normalized spacial score (nSPS) is 9.96. The molecule has 2 aromatic carbocycles. The number of hydrogen-bond donors (Lipinski definition) is 3. The molecular formula is C18H18BrN3O4. The Bertz CT molecular complexity index is 822. The van der Waals surface area contributed by atoms with Gasteiger partial charge in [0.05, 0.1) is 4.47 Å². The van der Waals surface area contributed by atoms with Gasteiger partial charge < -0.3 is 10.1 Å². The minimum atomic E-state index is -0.499. The van der Waals surface area contributed by atoms with E-state index in [1.54, 1.807) is 18.2 Å². The average Bonchev–Trinajstić information content (AvgIpc) is 2.59. The fraction of sp³-hybridized carbons (Fsp3) is 0.167. The second-order valence-electron chi connectivity index (χ2n) is 5.48. The van der Waals surface area contributed by atoms with Gasteiger partial charge in [-0.2, -0.15) is 0 Å². The summed E-state index contributed by atoms with van der Waals surface area (Å²) >= 11 is 3.36. The highest BCUT2D eigenvalue weighted by Gasteiger charge is 2.09. The van der Waals surface area contributed by atoms with Gasteiger partial charge in [-0.3, -0.25) is 25.2 Å². The number of amides is 3. The van der Waals surface area contributed by atoms with E-state index in [9.17, 15) is 14.4 Å². The van der Waals surface area contributed by atoms with E-state index in [2.05, 4.69) is 32.1 Å². The van der Waals surface area contributed by atoms with Crippen LogP contribution < -0.4 is 20.9 Å². The van der Waals surface area contributed by atoms with Gasteiger partial charge in [-0.1, -0.05) is 6.07 Å². The van der Waals surface area contributed by atoms with Crippen molar-refractivity contribution < 1.29 is 19.1 Å². The van der Waals surface area contributed by atoms with Crippen LogP contribution in [0.3, 0.4) is 0 Å². The molecule has 3 amide bonds. The highest BCUT2D eigenvalue weighted by Crippen LogP contribution is 2.25. The summed E-state index contributed by atoms with van der Waals surface area (Å²) in [5, 5.41) is 2.60. The Morgan fingerprint density at radius 3 is 2.35 bits per heavy atom. The maximum absolute atomic E-state index is 12.0. The van der Waals surface area contributed by atoms with E-state index in [1.807, 2.05) is 19.1 Å². The van der Waals surface area contributed by atoms with Gasteiger partial charge >= 0.3 is 0 Å². The van der Waals surface area contributed by atoms with Gasteiger partial charge in [-0.25, -0.2) is 0 Å². The second-order valence-corrected chi connectivity index (χ2v) is 6.34. The SMILES string of the molecule is CC(=O)Nc1ccc(C(=O)NNC(=O)COc2ccc(C)cc2Br)cc1. The molecule has 0 atom stereocenters. The number of halogens is 1. The van der Waals surface area contributed by atoms with Crippen molar-refractivity contribution in [1.29, 1.82) is 0 Å². The van der Waals surface area contributed by atoms with Crippen molar-refractivity contribution in [2.45, 2.75) is 13.8 Å². The first kappa shape index (κ1) is 19.5. The zero-order valence-electron chi connectivity index (χ0n) is 14.3. The molecule has 0 aliphatic rings. The number of benzene rings is 2. The summed E-state index contributed by atoms with van der Waals surface area (Å²) in [5.74, 6) is -0.648. The number of carbonyl (C=O) groups excluding carboxylic acids is 3. The molecule has 7 nitrogen and oxygen atoms in total. The fourth-order valence-corrected chi connectivity index (χ4v) is 2.62. The molecule has 0 aromatic heterocycles. The molecule has 0 saturated carbocycles. The van der Waals surface area contributed by atoms with Gasteiger partial charge in [0, 0.05) is 18.2 Å². The first-order valence-electron chi connectivity index (χ1n) is 7.71.